The summed E-state index contributed by atoms with van der Waals surface area (Å²) in [6.07, 6.45) is 1.51. The second-order valence-electron chi connectivity index (χ2n) is 7.21. The van der Waals surface area contributed by atoms with Gasteiger partial charge in [-0.05, 0) is 69.5 Å². The molecule has 0 atom stereocenters. The van der Waals surface area contributed by atoms with Gasteiger partial charge in [0.15, 0.2) is 17.2 Å². The van der Waals surface area contributed by atoms with Crippen molar-refractivity contribution >= 4 is 62.8 Å². The molecule has 0 N–H and O–H groups in total. The highest BCUT2D eigenvalue weighted by molar-refractivity contribution is 9.10. The number of rotatable bonds is 7. The number of aliphatic imine (C=N–C) groups is 1. The van der Waals surface area contributed by atoms with E-state index in [9.17, 15) is 14.9 Å². The summed E-state index contributed by atoms with van der Waals surface area (Å²) < 4.78 is 17.2. The first-order chi connectivity index (χ1) is 16.7. The van der Waals surface area contributed by atoms with E-state index in [0.717, 1.165) is 5.56 Å². The standard InChI is InChI=1S/C24H15BrCl2N2O6/c1-33-21-10-14(8-17(25)22(21)34-12-13-3-2-4-16(26)7-13)9-19-24(30)35-23(28-19)15-5-6-18(27)20(11-15)29(31)32/h2-11H,12H2,1H3/b19-9-. The van der Waals surface area contributed by atoms with Crippen LogP contribution >= 0.6 is 39.1 Å². The van der Waals surface area contributed by atoms with Gasteiger partial charge in [-0.1, -0.05) is 35.3 Å². The lowest BCUT2D eigenvalue weighted by atomic mass is 10.1. The van der Waals surface area contributed by atoms with Crippen LogP contribution in [0.1, 0.15) is 16.7 Å². The van der Waals surface area contributed by atoms with E-state index in [1.807, 2.05) is 12.1 Å². The molecule has 0 spiro atoms. The number of nitrogens with zero attached hydrogens (tertiary/aromatic N) is 2. The highest BCUT2D eigenvalue weighted by Gasteiger charge is 2.26. The summed E-state index contributed by atoms with van der Waals surface area (Å²) in [7, 11) is 1.50. The van der Waals surface area contributed by atoms with Crippen LogP contribution in [0.5, 0.6) is 11.5 Å². The SMILES string of the molecule is COc1cc(/C=C2\N=C(c3ccc(Cl)c([N+](=O)[O-])c3)OC2=O)cc(Br)c1OCc1cccc(Cl)c1. The summed E-state index contributed by atoms with van der Waals surface area (Å²) in [5.41, 5.74) is 1.42. The van der Waals surface area contributed by atoms with Gasteiger partial charge in [-0.15, -0.1) is 0 Å². The Morgan fingerprint density at radius 2 is 1.97 bits per heavy atom. The molecule has 0 fully saturated rings. The molecular weight excluding hydrogens is 563 g/mol. The van der Waals surface area contributed by atoms with Crippen LogP contribution in [-0.4, -0.2) is 23.9 Å². The minimum atomic E-state index is -0.700. The molecule has 3 aromatic carbocycles. The Balaban J connectivity index is 1.61. The predicted octanol–water partition coefficient (Wildman–Crippen LogP) is 6.60. The molecule has 178 valence electrons. The zero-order valence-electron chi connectivity index (χ0n) is 18.0. The molecule has 35 heavy (non-hydrogen) atoms. The average Bonchev–Trinajstić information content (AvgIpc) is 3.18. The van der Waals surface area contributed by atoms with Gasteiger partial charge >= 0.3 is 5.97 Å². The third-order valence-corrected chi connectivity index (χ3v) is 5.98. The van der Waals surface area contributed by atoms with Gasteiger partial charge in [-0.2, -0.15) is 0 Å². The van der Waals surface area contributed by atoms with Gasteiger partial charge in [-0.3, -0.25) is 10.1 Å². The maximum atomic E-state index is 12.4. The minimum absolute atomic E-state index is 0.0131. The van der Waals surface area contributed by atoms with Gasteiger partial charge in [0.1, 0.15) is 11.6 Å². The van der Waals surface area contributed by atoms with E-state index in [4.69, 9.17) is 37.4 Å². The third-order valence-electron chi connectivity index (χ3n) is 4.84. The van der Waals surface area contributed by atoms with Crippen LogP contribution in [0.3, 0.4) is 0 Å². The summed E-state index contributed by atoms with van der Waals surface area (Å²) in [6.45, 7) is 0.267. The van der Waals surface area contributed by atoms with Crippen LogP contribution < -0.4 is 9.47 Å². The Morgan fingerprint density at radius 1 is 1.17 bits per heavy atom. The van der Waals surface area contributed by atoms with Gasteiger partial charge in [0.2, 0.25) is 5.90 Å². The van der Waals surface area contributed by atoms with Crippen molar-refractivity contribution in [3.8, 4) is 11.5 Å². The molecule has 0 aliphatic carbocycles. The summed E-state index contributed by atoms with van der Waals surface area (Å²) in [5, 5.41) is 11.7. The molecule has 1 aliphatic rings. The van der Waals surface area contributed by atoms with Crippen LogP contribution in [0.25, 0.3) is 6.08 Å². The quantitative estimate of drug-likeness (QED) is 0.136. The zero-order valence-corrected chi connectivity index (χ0v) is 21.1. The van der Waals surface area contributed by atoms with Gasteiger partial charge in [0.05, 0.1) is 16.5 Å². The highest BCUT2D eigenvalue weighted by atomic mass is 79.9. The molecule has 0 radical (unpaired) electrons. The first-order valence-corrected chi connectivity index (χ1v) is 11.5. The lowest BCUT2D eigenvalue weighted by Gasteiger charge is -2.14. The number of nitro groups is 1. The maximum Gasteiger partial charge on any atom is 0.363 e. The predicted molar refractivity (Wildman–Crippen MR) is 135 cm³/mol. The van der Waals surface area contributed by atoms with Crippen molar-refractivity contribution in [1.82, 2.24) is 0 Å². The average molecular weight is 578 g/mol. The fourth-order valence-corrected chi connectivity index (χ4v) is 4.20. The van der Waals surface area contributed by atoms with Crippen LogP contribution in [0, 0.1) is 10.1 Å². The molecule has 11 heteroatoms. The van der Waals surface area contributed by atoms with Gasteiger partial charge in [0.25, 0.3) is 5.69 Å². The Bertz CT molecular complexity index is 1410. The van der Waals surface area contributed by atoms with Crippen LogP contribution in [0.4, 0.5) is 5.69 Å². The molecule has 0 unspecified atom stereocenters. The van der Waals surface area contributed by atoms with Crippen LogP contribution in [0.15, 0.2) is 69.8 Å². The van der Waals surface area contributed by atoms with Gasteiger partial charge < -0.3 is 14.2 Å². The summed E-state index contributed by atoms with van der Waals surface area (Å²) in [5.74, 6) is 0.140. The molecule has 0 saturated carbocycles. The fourth-order valence-electron chi connectivity index (χ4n) is 3.22. The zero-order chi connectivity index (χ0) is 25.1. The van der Waals surface area contributed by atoms with Gasteiger partial charge in [0, 0.05) is 16.7 Å². The van der Waals surface area contributed by atoms with Crippen molar-refractivity contribution in [2.24, 2.45) is 4.99 Å². The van der Waals surface area contributed by atoms with Crippen molar-refractivity contribution < 1.29 is 23.9 Å². The number of hydrogen-bond acceptors (Lipinski definition) is 7. The monoisotopic (exact) mass is 576 g/mol. The fraction of sp³-hybridized carbons (Fsp3) is 0.0833. The second-order valence-corrected chi connectivity index (χ2v) is 8.91. The molecule has 0 bridgehead atoms. The number of carbonyl (C=O) groups is 1. The Labute approximate surface area is 218 Å². The number of carbonyl (C=O) groups excluding carboxylic acids is 1. The second kappa shape index (κ2) is 10.5. The lowest BCUT2D eigenvalue weighted by Crippen LogP contribution is -2.06. The van der Waals surface area contributed by atoms with E-state index in [1.54, 1.807) is 24.3 Å². The summed E-state index contributed by atoms with van der Waals surface area (Å²) >= 11 is 15.4. The van der Waals surface area contributed by atoms with E-state index in [2.05, 4.69) is 20.9 Å². The van der Waals surface area contributed by atoms with Crippen molar-refractivity contribution in [2.45, 2.75) is 6.61 Å². The van der Waals surface area contributed by atoms with Crippen molar-refractivity contribution in [2.75, 3.05) is 7.11 Å². The molecule has 1 aliphatic heterocycles. The summed E-state index contributed by atoms with van der Waals surface area (Å²) in [4.78, 5) is 27.1. The minimum Gasteiger partial charge on any atom is -0.493 e. The smallest absolute Gasteiger partial charge is 0.363 e. The van der Waals surface area contributed by atoms with E-state index in [1.165, 1.54) is 31.4 Å². The van der Waals surface area contributed by atoms with E-state index < -0.39 is 10.9 Å². The van der Waals surface area contributed by atoms with Crippen molar-refractivity contribution in [3.05, 3.63) is 102 Å². The van der Waals surface area contributed by atoms with Crippen LogP contribution in [0.2, 0.25) is 10.0 Å². The normalized spacial score (nSPS) is 14.0. The number of halogens is 3. The molecule has 0 aromatic heterocycles. The molecule has 8 nitrogen and oxygen atoms in total. The van der Waals surface area contributed by atoms with E-state index >= 15 is 0 Å². The Morgan fingerprint density at radius 3 is 2.69 bits per heavy atom. The maximum absolute atomic E-state index is 12.4. The number of esters is 1. The number of cyclic esters (lactones) is 1. The molecule has 3 aromatic rings. The molecule has 4 rings (SSSR count). The first-order valence-electron chi connectivity index (χ1n) is 9.97. The number of benzene rings is 3. The molecular formula is C24H15BrCl2N2O6. The van der Waals surface area contributed by atoms with Crippen LogP contribution in [-0.2, 0) is 16.1 Å². The summed E-state index contributed by atoms with van der Waals surface area (Å²) in [6, 6.07) is 14.7. The topological polar surface area (TPSA) is 100 Å². The third kappa shape index (κ3) is 5.64. The van der Waals surface area contributed by atoms with E-state index in [-0.39, 0.29) is 34.5 Å². The Kier molecular flexibility index (Phi) is 7.39. The van der Waals surface area contributed by atoms with Gasteiger partial charge in [-0.25, -0.2) is 9.79 Å². The highest BCUT2D eigenvalue weighted by Crippen LogP contribution is 2.38. The first kappa shape index (κ1) is 24.7. The Hall–Kier alpha value is -3.40. The number of ether oxygens (including phenoxy) is 3. The molecule has 0 amide bonds. The van der Waals surface area contributed by atoms with Crippen molar-refractivity contribution in [3.63, 3.8) is 0 Å². The molecule has 1 heterocycles. The lowest BCUT2D eigenvalue weighted by molar-refractivity contribution is -0.384. The largest absolute Gasteiger partial charge is 0.493 e. The molecule has 0 saturated heterocycles. The van der Waals surface area contributed by atoms with Crippen molar-refractivity contribution in [1.29, 1.82) is 0 Å². The number of methoxy groups -OCH3 is 1. The number of nitro benzene ring substituents is 1. The van der Waals surface area contributed by atoms with E-state index in [0.29, 0.717) is 26.6 Å². The number of hydrogen-bond donors (Lipinski definition) is 0.